The topological polar surface area (TPSA) is 105 Å². The molecular weight excluding hydrogens is 312 g/mol. The number of rotatable bonds is 6. The lowest BCUT2D eigenvalue weighted by Crippen LogP contribution is -2.37. The Balaban J connectivity index is 1.51. The van der Waals surface area contributed by atoms with Crippen molar-refractivity contribution < 1.29 is 14.1 Å². The van der Waals surface area contributed by atoms with Gasteiger partial charge < -0.3 is 24.8 Å². The van der Waals surface area contributed by atoms with Crippen LogP contribution in [0.4, 0.5) is 11.8 Å². The summed E-state index contributed by atoms with van der Waals surface area (Å²) in [5.41, 5.74) is 0.889. The quantitative estimate of drug-likeness (QED) is 0.735. The van der Waals surface area contributed by atoms with Gasteiger partial charge in [-0.1, -0.05) is 5.16 Å². The Kier molecular flexibility index (Phi) is 5.22. The number of nitrogens with one attached hydrogen (secondary N) is 2. The van der Waals surface area contributed by atoms with E-state index in [-0.39, 0.29) is 11.7 Å². The number of aryl methyl sites for hydroxylation is 1. The highest BCUT2D eigenvalue weighted by Crippen LogP contribution is 2.16. The van der Waals surface area contributed by atoms with Crippen molar-refractivity contribution in [3.8, 4) is 0 Å². The molecule has 0 aromatic carbocycles. The van der Waals surface area contributed by atoms with Gasteiger partial charge in [-0.15, -0.1) is 0 Å². The summed E-state index contributed by atoms with van der Waals surface area (Å²) in [6, 6.07) is 3.48. The zero-order valence-corrected chi connectivity index (χ0v) is 13.5. The van der Waals surface area contributed by atoms with Gasteiger partial charge in [0.1, 0.15) is 5.82 Å². The third-order valence-corrected chi connectivity index (χ3v) is 3.53. The van der Waals surface area contributed by atoms with E-state index in [0.717, 1.165) is 24.6 Å². The van der Waals surface area contributed by atoms with E-state index >= 15 is 0 Å². The minimum absolute atomic E-state index is 0.191. The molecule has 0 spiro atoms. The first-order valence-electron chi connectivity index (χ1n) is 7.83. The van der Waals surface area contributed by atoms with Crippen molar-refractivity contribution in [2.45, 2.75) is 6.92 Å². The van der Waals surface area contributed by atoms with Crippen molar-refractivity contribution >= 4 is 17.7 Å². The molecule has 0 saturated carbocycles. The molecular formula is C15H20N6O3. The molecule has 0 radical (unpaired) electrons. The molecule has 1 aliphatic rings. The van der Waals surface area contributed by atoms with Crippen LogP contribution < -0.4 is 15.5 Å². The Morgan fingerprint density at radius 3 is 2.88 bits per heavy atom. The average molecular weight is 332 g/mol. The Labute approximate surface area is 139 Å². The van der Waals surface area contributed by atoms with E-state index in [0.29, 0.717) is 32.3 Å². The predicted octanol–water partition coefficient (Wildman–Crippen LogP) is 0.452. The molecule has 0 bridgehead atoms. The van der Waals surface area contributed by atoms with Crippen LogP contribution in [0.2, 0.25) is 0 Å². The van der Waals surface area contributed by atoms with Crippen molar-refractivity contribution in [1.29, 1.82) is 0 Å². The number of nitrogens with zero attached hydrogens (tertiary/aromatic N) is 4. The van der Waals surface area contributed by atoms with Gasteiger partial charge in [-0.3, -0.25) is 4.79 Å². The van der Waals surface area contributed by atoms with Crippen LogP contribution in [-0.4, -0.2) is 60.4 Å². The summed E-state index contributed by atoms with van der Waals surface area (Å²) in [6.07, 6.45) is 1.43. The second-order valence-corrected chi connectivity index (χ2v) is 5.35. The van der Waals surface area contributed by atoms with Crippen molar-refractivity contribution in [3.05, 3.63) is 29.8 Å². The number of hydrogen-bond donors (Lipinski definition) is 2. The van der Waals surface area contributed by atoms with Gasteiger partial charge in [0.15, 0.2) is 0 Å². The minimum atomic E-state index is -0.298. The second kappa shape index (κ2) is 7.73. The number of carbonyl (C=O) groups is 1. The Morgan fingerprint density at radius 2 is 2.12 bits per heavy atom. The maximum atomic E-state index is 11.7. The smallest absolute Gasteiger partial charge is 0.289 e. The van der Waals surface area contributed by atoms with E-state index in [4.69, 9.17) is 9.26 Å². The summed E-state index contributed by atoms with van der Waals surface area (Å²) in [6.45, 7) is 5.92. The third kappa shape index (κ3) is 4.19. The molecule has 2 N–H and O–H groups in total. The summed E-state index contributed by atoms with van der Waals surface area (Å²) in [4.78, 5) is 22.8. The minimum Gasteiger partial charge on any atom is -0.378 e. The van der Waals surface area contributed by atoms with Crippen LogP contribution in [-0.2, 0) is 4.74 Å². The lowest BCUT2D eigenvalue weighted by Gasteiger charge is -2.28. The van der Waals surface area contributed by atoms with Gasteiger partial charge in [0.25, 0.3) is 5.91 Å². The molecule has 128 valence electrons. The molecule has 9 heteroatoms. The molecule has 3 rings (SSSR count). The van der Waals surface area contributed by atoms with E-state index in [1.165, 1.54) is 12.3 Å². The lowest BCUT2D eigenvalue weighted by molar-refractivity contribution is 0.0918. The van der Waals surface area contributed by atoms with Gasteiger partial charge >= 0.3 is 0 Å². The molecule has 2 aromatic heterocycles. The molecule has 1 saturated heterocycles. The lowest BCUT2D eigenvalue weighted by atomic mass is 10.3. The van der Waals surface area contributed by atoms with Gasteiger partial charge in [-0.25, -0.2) is 4.98 Å². The van der Waals surface area contributed by atoms with Crippen LogP contribution in [0.15, 0.2) is 22.9 Å². The Morgan fingerprint density at radius 1 is 1.29 bits per heavy atom. The van der Waals surface area contributed by atoms with E-state index in [9.17, 15) is 4.79 Å². The first kappa shape index (κ1) is 16.2. The SMILES string of the molecule is Cc1cc(N2CCOCC2)nc(NCCNC(=O)c2ccno2)n1. The fourth-order valence-electron chi connectivity index (χ4n) is 2.36. The number of ether oxygens (including phenoxy) is 1. The normalized spacial score (nSPS) is 14.5. The van der Waals surface area contributed by atoms with Crippen molar-refractivity contribution in [3.63, 3.8) is 0 Å². The Hall–Kier alpha value is -2.68. The second-order valence-electron chi connectivity index (χ2n) is 5.35. The van der Waals surface area contributed by atoms with Crippen molar-refractivity contribution in [1.82, 2.24) is 20.4 Å². The zero-order valence-electron chi connectivity index (χ0n) is 13.5. The molecule has 9 nitrogen and oxygen atoms in total. The highest BCUT2D eigenvalue weighted by molar-refractivity contribution is 5.91. The highest BCUT2D eigenvalue weighted by atomic mass is 16.5. The average Bonchev–Trinajstić information content (AvgIpc) is 3.14. The van der Waals surface area contributed by atoms with Crippen molar-refractivity contribution in [2.24, 2.45) is 0 Å². The van der Waals surface area contributed by atoms with Gasteiger partial charge in [0.2, 0.25) is 11.7 Å². The predicted molar refractivity (Wildman–Crippen MR) is 87.1 cm³/mol. The standard InChI is InChI=1S/C15H20N6O3/c1-11-10-13(21-6-8-23-9-7-21)20-15(19-11)17-5-4-16-14(22)12-2-3-18-24-12/h2-3,10H,4-9H2,1H3,(H,16,22)(H,17,19,20). The van der Waals surface area contributed by atoms with Crippen LogP contribution in [0.25, 0.3) is 0 Å². The summed E-state index contributed by atoms with van der Waals surface area (Å²) in [5, 5.41) is 9.35. The molecule has 0 unspecified atom stereocenters. The van der Waals surface area contributed by atoms with Gasteiger partial charge in [0, 0.05) is 44.0 Å². The van der Waals surface area contributed by atoms with Gasteiger partial charge in [-0.2, -0.15) is 4.98 Å². The van der Waals surface area contributed by atoms with Gasteiger partial charge in [-0.05, 0) is 6.92 Å². The Bertz CT molecular complexity index is 670. The summed E-state index contributed by atoms with van der Waals surface area (Å²) >= 11 is 0. The third-order valence-electron chi connectivity index (χ3n) is 3.53. The van der Waals surface area contributed by atoms with E-state index in [1.54, 1.807) is 0 Å². The first-order chi connectivity index (χ1) is 11.7. The summed E-state index contributed by atoms with van der Waals surface area (Å²) in [7, 11) is 0. The van der Waals surface area contributed by atoms with E-state index in [2.05, 4.69) is 30.7 Å². The molecule has 1 aliphatic heterocycles. The first-order valence-corrected chi connectivity index (χ1v) is 7.83. The largest absolute Gasteiger partial charge is 0.378 e. The maximum Gasteiger partial charge on any atom is 0.289 e. The monoisotopic (exact) mass is 332 g/mol. The maximum absolute atomic E-state index is 11.7. The van der Waals surface area contributed by atoms with Crippen molar-refractivity contribution in [2.75, 3.05) is 49.6 Å². The summed E-state index contributed by atoms with van der Waals surface area (Å²) < 4.78 is 10.1. The number of anilines is 2. The molecule has 0 aliphatic carbocycles. The van der Waals surface area contributed by atoms with Crippen LogP contribution in [0, 0.1) is 6.92 Å². The van der Waals surface area contributed by atoms with Crippen LogP contribution in [0.3, 0.4) is 0 Å². The molecule has 24 heavy (non-hydrogen) atoms. The van der Waals surface area contributed by atoms with Crippen LogP contribution in [0.1, 0.15) is 16.2 Å². The molecule has 1 amide bonds. The van der Waals surface area contributed by atoms with Crippen LogP contribution in [0.5, 0.6) is 0 Å². The molecule has 1 fully saturated rings. The fraction of sp³-hybridized carbons (Fsp3) is 0.467. The van der Waals surface area contributed by atoms with E-state index < -0.39 is 0 Å². The number of hydrogen-bond acceptors (Lipinski definition) is 8. The number of morpholine rings is 1. The zero-order chi connectivity index (χ0) is 16.8. The van der Waals surface area contributed by atoms with Gasteiger partial charge in [0.05, 0.1) is 19.4 Å². The number of amides is 1. The fourth-order valence-corrected chi connectivity index (χ4v) is 2.36. The number of aromatic nitrogens is 3. The van der Waals surface area contributed by atoms with E-state index in [1.807, 2.05) is 13.0 Å². The molecule has 2 aromatic rings. The highest BCUT2D eigenvalue weighted by Gasteiger charge is 2.14. The summed E-state index contributed by atoms with van der Waals surface area (Å²) in [5.74, 6) is 1.33. The molecule has 3 heterocycles. The molecule has 0 atom stereocenters. The van der Waals surface area contributed by atoms with Crippen LogP contribution >= 0.6 is 0 Å². The number of carbonyl (C=O) groups excluding carboxylic acids is 1.